The van der Waals surface area contributed by atoms with Gasteiger partial charge in [0.15, 0.2) is 15.6 Å². The van der Waals surface area contributed by atoms with Crippen LogP contribution in [0.2, 0.25) is 0 Å². The average Bonchev–Trinajstić information content (AvgIpc) is 2.59. The Balaban J connectivity index is 2.98. The zero-order chi connectivity index (χ0) is 13.1. The highest BCUT2D eigenvalue weighted by Crippen LogP contribution is 2.22. The molecule has 1 rings (SSSR count). The summed E-state index contributed by atoms with van der Waals surface area (Å²) in [5.74, 6) is 0.0772. The number of hydrogen-bond donors (Lipinski definition) is 0. The van der Waals surface area contributed by atoms with Crippen LogP contribution in [0.25, 0.3) is 0 Å². The van der Waals surface area contributed by atoms with E-state index in [4.69, 9.17) is 0 Å². The fourth-order valence-electron chi connectivity index (χ4n) is 1.55. The summed E-state index contributed by atoms with van der Waals surface area (Å²) in [5, 5.41) is 0.528. The van der Waals surface area contributed by atoms with Crippen LogP contribution >= 0.6 is 11.3 Å². The van der Waals surface area contributed by atoms with Crippen molar-refractivity contribution in [3.63, 3.8) is 0 Å². The number of carbonyl (C=O) groups is 1. The summed E-state index contributed by atoms with van der Waals surface area (Å²) >= 11 is 1.21. The van der Waals surface area contributed by atoms with Gasteiger partial charge < -0.3 is 0 Å². The molecule has 6 heteroatoms. The predicted octanol–water partition coefficient (Wildman–Crippen LogP) is 2.23. The van der Waals surface area contributed by atoms with Gasteiger partial charge in [-0.05, 0) is 12.8 Å². The summed E-state index contributed by atoms with van der Waals surface area (Å²) in [6.07, 6.45) is 1.26. The number of aromatic nitrogens is 1. The van der Waals surface area contributed by atoms with Crippen LogP contribution in [0.3, 0.4) is 0 Å². The lowest BCUT2D eigenvalue weighted by molar-refractivity contribution is 0.102. The van der Waals surface area contributed by atoms with Gasteiger partial charge in [-0.15, -0.1) is 11.3 Å². The van der Waals surface area contributed by atoms with Crippen LogP contribution in [0.5, 0.6) is 0 Å². The van der Waals surface area contributed by atoms with Gasteiger partial charge >= 0.3 is 0 Å². The second-order valence-electron chi connectivity index (χ2n) is 3.89. The van der Waals surface area contributed by atoms with Gasteiger partial charge in [-0.3, -0.25) is 4.79 Å². The molecule has 96 valence electrons. The van der Waals surface area contributed by atoms with Crippen LogP contribution in [-0.4, -0.2) is 24.9 Å². The van der Waals surface area contributed by atoms with Crippen LogP contribution in [0.4, 0.5) is 0 Å². The summed E-state index contributed by atoms with van der Waals surface area (Å²) in [6.45, 7) is 5.22. The first kappa shape index (κ1) is 14.3. The highest BCUT2D eigenvalue weighted by Gasteiger charge is 2.18. The van der Waals surface area contributed by atoms with Crippen molar-refractivity contribution in [2.24, 2.45) is 0 Å². The first-order valence-corrected chi connectivity index (χ1v) is 8.23. The number of nitrogens with zero attached hydrogens (tertiary/aromatic N) is 1. The Morgan fingerprint density at radius 2 is 2.00 bits per heavy atom. The molecule has 0 saturated heterocycles. The Kier molecular flexibility index (Phi) is 4.82. The normalized spacial score (nSPS) is 11.7. The van der Waals surface area contributed by atoms with Gasteiger partial charge in [0.1, 0.15) is 10.8 Å². The van der Waals surface area contributed by atoms with Gasteiger partial charge in [0.05, 0.1) is 16.3 Å². The molecule has 1 heterocycles. The van der Waals surface area contributed by atoms with Crippen LogP contribution in [0.15, 0.2) is 0 Å². The molecule has 0 spiro atoms. The van der Waals surface area contributed by atoms with Gasteiger partial charge in [0, 0.05) is 6.92 Å². The summed E-state index contributed by atoms with van der Waals surface area (Å²) in [7, 11) is -3.09. The van der Waals surface area contributed by atoms with Gasteiger partial charge in [0.2, 0.25) is 0 Å². The van der Waals surface area contributed by atoms with E-state index in [1.165, 1.54) is 18.3 Å². The van der Waals surface area contributed by atoms with Gasteiger partial charge in [-0.2, -0.15) is 0 Å². The minimum Gasteiger partial charge on any atom is -0.294 e. The number of aryl methyl sites for hydroxylation is 1. The van der Waals surface area contributed by atoms with Crippen LogP contribution in [0, 0.1) is 0 Å². The summed E-state index contributed by atoms with van der Waals surface area (Å²) in [6, 6.07) is 0. The molecule has 0 radical (unpaired) electrons. The fourth-order valence-corrected chi connectivity index (χ4v) is 4.37. The molecular formula is C11H17NO3S2. The summed E-state index contributed by atoms with van der Waals surface area (Å²) in [4.78, 5) is 16.2. The van der Waals surface area contributed by atoms with Crippen molar-refractivity contribution in [1.29, 1.82) is 0 Å². The molecule has 1 aromatic rings. The number of hydrogen-bond acceptors (Lipinski definition) is 5. The third-order valence-corrected chi connectivity index (χ3v) is 5.38. The average molecular weight is 275 g/mol. The molecule has 0 fully saturated rings. The van der Waals surface area contributed by atoms with Gasteiger partial charge in [-0.1, -0.05) is 13.8 Å². The maximum Gasteiger partial charge on any atom is 0.171 e. The lowest BCUT2D eigenvalue weighted by Crippen LogP contribution is -2.08. The molecule has 17 heavy (non-hydrogen) atoms. The van der Waals surface area contributed by atoms with Gasteiger partial charge in [0.25, 0.3) is 0 Å². The number of carbonyl (C=O) groups excluding carboxylic acids is 1. The monoisotopic (exact) mass is 275 g/mol. The first-order valence-electron chi connectivity index (χ1n) is 5.59. The zero-order valence-corrected chi connectivity index (χ0v) is 11.9. The maximum atomic E-state index is 11.7. The molecule has 0 bridgehead atoms. The molecule has 0 aliphatic heterocycles. The minimum atomic E-state index is -3.09. The van der Waals surface area contributed by atoms with E-state index in [9.17, 15) is 13.2 Å². The van der Waals surface area contributed by atoms with Crippen molar-refractivity contribution in [2.75, 3.05) is 5.75 Å². The molecule has 1 aromatic heterocycles. The number of Topliss-reactive ketones (excluding diaryl/α,β-unsaturated/α-hetero) is 1. The largest absolute Gasteiger partial charge is 0.294 e. The van der Waals surface area contributed by atoms with E-state index in [1.807, 2.05) is 13.8 Å². The van der Waals surface area contributed by atoms with Crippen molar-refractivity contribution in [1.82, 2.24) is 4.98 Å². The van der Waals surface area contributed by atoms with Crippen molar-refractivity contribution in [3.8, 4) is 0 Å². The van der Waals surface area contributed by atoms with E-state index in [0.29, 0.717) is 28.4 Å². The van der Waals surface area contributed by atoms with Crippen LogP contribution in [0.1, 0.15) is 47.6 Å². The number of rotatable bonds is 6. The van der Waals surface area contributed by atoms with E-state index in [0.717, 1.165) is 0 Å². The molecule has 0 N–H and O–H groups in total. The molecule has 0 amide bonds. The third kappa shape index (κ3) is 3.89. The SMILES string of the molecule is CCCS(=O)(=O)Cc1nc(CC)c(C(C)=O)s1. The molecule has 0 saturated carbocycles. The van der Waals surface area contributed by atoms with E-state index in [2.05, 4.69) is 4.98 Å². The second kappa shape index (κ2) is 5.73. The van der Waals surface area contributed by atoms with E-state index in [-0.39, 0.29) is 17.3 Å². The topological polar surface area (TPSA) is 64.1 Å². The molecule has 0 unspecified atom stereocenters. The molecule has 0 aromatic carbocycles. The van der Waals surface area contributed by atoms with Crippen molar-refractivity contribution in [2.45, 2.75) is 39.4 Å². The maximum absolute atomic E-state index is 11.7. The first-order chi connectivity index (χ1) is 7.89. The smallest absolute Gasteiger partial charge is 0.171 e. The number of thiazole rings is 1. The van der Waals surface area contributed by atoms with E-state index in [1.54, 1.807) is 0 Å². The van der Waals surface area contributed by atoms with Crippen molar-refractivity contribution in [3.05, 3.63) is 15.6 Å². The lowest BCUT2D eigenvalue weighted by atomic mass is 10.2. The molecule has 0 aliphatic carbocycles. The lowest BCUT2D eigenvalue weighted by Gasteiger charge is -1.98. The Morgan fingerprint density at radius 3 is 2.41 bits per heavy atom. The highest BCUT2D eigenvalue weighted by atomic mass is 32.2. The molecule has 4 nitrogen and oxygen atoms in total. The Bertz CT molecular complexity index is 503. The highest BCUT2D eigenvalue weighted by molar-refractivity contribution is 7.90. The molecule has 0 aliphatic rings. The van der Waals surface area contributed by atoms with Crippen molar-refractivity contribution >= 4 is 27.0 Å². The standard InChI is InChI=1S/C11H17NO3S2/c1-4-6-17(14,15)7-10-12-9(5-2)11(16-10)8(3)13/h4-7H2,1-3H3. The molecular weight excluding hydrogens is 258 g/mol. The zero-order valence-electron chi connectivity index (χ0n) is 10.3. The van der Waals surface area contributed by atoms with E-state index < -0.39 is 9.84 Å². The Morgan fingerprint density at radius 1 is 1.35 bits per heavy atom. The van der Waals surface area contributed by atoms with Crippen LogP contribution < -0.4 is 0 Å². The summed E-state index contributed by atoms with van der Waals surface area (Å²) in [5.41, 5.74) is 0.712. The second-order valence-corrected chi connectivity index (χ2v) is 7.15. The summed E-state index contributed by atoms with van der Waals surface area (Å²) < 4.78 is 23.3. The Labute approximate surface area is 106 Å². The Hall–Kier alpha value is -0.750. The fraction of sp³-hybridized carbons (Fsp3) is 0.636. The minimum absolute atomic E-state index is 0.0431. The molecule has 0 atom stereocenters. The van der Waals surface area contributed by atoms with Crippen molar-refractivity contribution < 1.29 is 13.2 Å². The predicted molar refractivity (Wildman–Crippen MR) is 69.3 cm³/mol. The number of ketones is 1. The quantitative estimate of drug-likeness (QED) is 0.747. The van der Waals surface area contributed by atoms with E-state index >= 15 is 0 Å². The van der Waals surface area contributed by atoms with Crippen LogP contribution in [-0.2, 0) is 22.0 Å². The number of sulfone groups is 1. The van der Waals surface area contributed by atoms with Gasteiger partial charge in [-0.25, -0.2) is 13.4 Å². The third-order valence-electron chi connectivity index (χ3n) is 2.25.